The number of amides is 5. The van der Waals surface area contributed by atoms with Crippen LogP contribution in [0.2, 0.25) is 0 Å². The second kappa shape index (κ2) is 20.1. The van der Waals surface area contributed by atoms with Crippen LogP contribution < -0.4 is 31.3 Å². The average molecular weight is 816 g/mol. The number of rotatable bonds is 10. The van der Waals surface area contributed by atoms with Crippen LogP contribution in [0.5, 0.6) is 5.75 Å². The molecule has 2 bridgehead atoms. The van der Waals surface area contributed by atoms with Crippen molar-refractivity contribution in [3.8, 4) is 16.9 Å². The lowest BCUT2D eigenvalue weighted by Gasteiger charge is -2.27. The summed E-state index contributed by atoms with van der Waals surface area (Å²) < 4.78 is 5.74. The number of aliphatic carboxylic acids is 1. The largest absolute Gasteiger partial charge is 0.484 e. The highest BCUT2D eigenvalue weighted by Gasteiger charge is 2.33. The molecule has 3 heterocycles. The monoisotopic (exact) mass is 815 g/mol. The van der Waals surface area contributed by atoms with Crippen LogP contribution in [0, 0.1) is 0 Å². The van der Waals surface area contributed by atoms with Gasteiger partial charge in [-0.1, -0.05) is 103 Å². The minimum absolute atomic E-state index is 0.0216. The minimum Gasteiger partial charge on any atom is -0.484 e. The van der Waals surface area contributed by atoms with Crippen LogP contribution in [0.15, 0.2) is 127 Å². The Morgan fingerprint density at radius 2 is 1.24 bits per heavy atom. The molecule has 2 aliphatic heterocycles. The van der Waals surface area contributed by atoms with E-state index >= 15 is 0 Å². The van der Waals surface area contributed by atoms with Gasteiger partial charge in [-0.2, -0.15) is 0 Å². The third kappa shape index (κ3) is 12.1. The van der Waals surface area contributed by atoms with Gasteiger partial charge in [0.25, 0.3) is 5.91 Å². The summed E-state index contributed by atoms with van der Waals surface area (Å²) in [6, 6.07) is 30.4. The van der Waals surface area contributed by atoms with E-state index in [4.69, 9.17) is 4.74 Å². The van der Waals surface area contributed by atoms with E-state index in [-0.39, 0.29) is 25.7 Å². The van der Waals surface area contributed by atoms with Gasteiger partial charge in [-0.05, 0) is 58.3 Å². The van der Waals surface area contributed by atoms with Gasteiger partial charge in [0.1, 0.15) is 36.0 Å². The first-order valence-corrected chi connectivity index (χ1v) is 20.0. The summed E-state index contributed by atoms with van der Waals surface area (Å²) in [6.07, 6.45) is 0.154. The van der Waals surface area contributed by atoms with E-state index in [1.54, 1.807) is 48.5 Å². The summed E-state index contributed by atoms with van der Waals surface area (Å²) in [5, 5.41) is 25.0. The molecule has 304 valence electrons. The zero-order valence-electron chi connectivity index (χ0n) is 32.3. The molecule has 2 aliphatic rings. The number of nitrogens with one attached hydrogen (secondary N) is 5. The number of benzene rings is 4. The van der Waals surface area contributed by atoms with Crippen LogP contribution in [0.1, 0.15) is 28.5 Å². The summed E-state index contributed by atoms with van der Waals surface area (Å²) in [5.74, 6) is -4.25. The molecule has 0 radical (unpaired) electrons. The summed E-state index contributed by atoms with van der Waals surface area (Å²) in [4.78, 5) is 82.3. The number of carboxylic acids is 1. The summed E-state index contributed by atoms with van der Waals surface area (Å²) in [7, 11) is 0. The predicted molar refractivity (Wildman–Crippen MR) is 222 cm³/mol. The molecule has 14 heteroatoms. The van der Waals surface area contributed by atoms with Gasteiger partial charge in [-0.15, -0.1) is 11.3 Å². The van der Waals surface area contributed by atoms with Gasteiger partial charge in [0.15, 0.2) is 6.61 Å². The SMILES string of the molecule is C[C@@H](NC(=O)[C@@H]1Cc2ccc(cc2)OCC(=O)N[C@@H](Cc2cccs2)C(=O)N[C@H](Cc2ccc(-c3ccccc3)cc2)C(=O)N[C@@H](Cc2ccccc2)C(=O)N1)C(=O)O. The highest BCUT2D eigenvalue weighted by molar-refractivity contribution is 7.09. The summed E-state index contributed by atoms with van der Waals surface area (Å²) >= 11 is 1.42. The third-order valence-corrected chi connectivity index (χ3v) is 10.7. The van der Waals surface area contributed by atoms with Crippen molar-refractivity contribution in [1.29, 1.82) is 0 Å². The van der Waals surface area contributed by atoms with Crippen LogP contribution in [-0.4, -0.2) is 77.4 Å². The molecule has 0 spiro atoms. The van der Waals surface area contributed by atoms with E-state index in [1.165, 1.54) is 18.3 Å². The van der Waals surface area contributed by atoms with E-state index < -0.39 is 72.3 Å². The molecule has 6 N–H and O–H groups in total. The van der Waals surface area contributed by atoms with Crippen molar-refractivity contribution in [2.45, 2.75) is 62.8 Å². The molecule has 5 aromatic rings. The maximum Gasteiger partial charge on any atom is 0.325 e. The first-order valence-electron chi connectivity index (χ1n) is 19.2. The molecular formula is C45H45N5O8S. The number of carbonyl (C=O) groups excluding carboxylic acids is 5. The molecule has 5 atom stereocenters. The van der Waals surface area contributed by atoms with Gasteiger partial charge in [-0.25, -0.2) is 0 Å². The van der Waals surface area contributed by atoms with E-state index in [0.717, 1.165) is 16.0 Å². The molecule has 1 aromatic heterocycles. The lowest BCUT2D eigenvalue weighted by atomic mass is 9.99. The van der Waals surface area contributed by atoms with Crippen LogP contribution >= 0.6 is 11.3 Å². The van der Waals surface area contributed by atoms with E-state index in [2.05, 4.69) is 26.6 Å². The Balaban J connectivity index is 1.36. The van der Waals surface area contributed by atoms with E-state index in [9.17, 15) is 33.9 Å². The topological polar surface area (TPSA) is 192 Å². The van der Waals surface area contributed by atoms with E-state index in [0.29, 0.717) is 22.4 Å². The van der Waals surface area contributed by atoms with Gasteiger partial charge in [0.2, 0.25) is 23.6 Å². The zero-order valence-corrected chi connectivity index (χ0v) is 33.1. The molecule has 5 amide bonds. The Morgan fingerprint density at radius 1 is 0.678 bits per heavy atom. The lowest BCUT2D eigenvalue weighted by molar-refractivity contribution is -0.141. The van der Waals surface area contributed by atoms with Gasteiger partial charge in [0.05, 0.1) is 0 Å². The van der Waals surface area contributed by atoms with Crippen molar-refractivity contribution in [2.75, 3.05) is 6.61 Å². The molecule has 4 aromatic carbocycles. The Bertz CT molecular complexity index is 2220. The number of thiophene rings is 1. The predicted octanol–water partition coefficient (Wildman–Crippen LogP) is 3.61. The van der Waals surface area contributed by atoms with Gasteiger partial charge in [0, 0.05) is 30.6 Å². The summed E-state index contributed by atoms with van der Waals surface area (Å²) in [5.41, 5.74) is 3.97. The quantitative estimate of drug-likeness (QED) is 0.115. The minimum atomic E-state index is -1.26. The van der Waals surface area contributed by atoms with Crippen molar-refractivity contribution < 1.29 is 38.6 Å². The molecule has 13 nitrogen and oxygen atoms in total. The number of ether oxygens (including phenoxy) is 1. The smallest absolute Gasteiger partial charge is 0.325 e. The number of hydrogen-bond acceptors (Lipinski definition) is 8. The molecule has 0 saturated carbocycles. The number of hydrogen-bond donors (Lipinski definition) is 6. The lowest BCUT2D eigenvalue weighted by Crippen LogP contribution is -2.60. The Hall–Kier alpha value is -6.80. The fourth-order valence-corrected chi connectivity index (χ4v) is 7.30. The fourth-order valence-electron chi connectivity index (χ4n) is 6.55. The van der Waals surface area contributed by atoms with Gasteiger partial charge in [-0.3, -0.25) is 28.8 Å². The second-order valence-electron chi connectivity index (χ2n) is 14.2. The van der Waals surface area contributed by atoms with Crippen molar-refractivity contribution in [3.05, 3.63) is 148 Å². The maximum atomic E-state index is 14.5. The maximum absolute atomic E-state index is 14.5. The van der Waals surface area contributed by atoms with Gasteiger partial charge >= 0.3 is 5.97 Å². The highest BCUT2D eigenvalue weighted by atomic mass is 32.1. The fraction of sp³-hybridized carbons (Fsp3) is 0.244. The second-order valence-corrected chi connectivity index (χ2v) is 15.3. The van der Waals surface area contributed by atoms with Crippen molar-refractivity contribution in [1.82, 2.24) is 26.6 Å². The third-order valence-electron chi connectivity index (χ3n) is 9.78. The van der Waals surface area contributed by atoms with E-state index in [1.807, 2.05) is 78.2 Å². The molecule has 0 aliphatic carbocycles. The Labute approximate surface area is 345 Å². The van der Waals surface area contributed by atoms with Crippen molar-refractivity contribution in [2.24, 2.45) is 0 Å². The Morgan fingerprint density at radius 3 is 1.83 bits per heavy atom. The zero-order chi connectivity index (χ0) is 41.7. The normalized spacial score (nSPS) is 19.6. The molecular weight excluding hydrogens is 771 g/mol. The van der Waals surface area contributed by atoms with Crippen LogP contribution in [-0.2, 0) is 54.5 Å². The van der Waals surface area contributed by atoms with Gasteiger partial charge < -0.3 is 36.4 Å². The van der Waals surface area contributed by atoms with Crippen LogP contribution in [0.4, 0.5) is 0 Å². The Kier molecular flexibility index (Phi) is 14.2. The first kappa shape index (κ1) is 41.8. The number of fused-ring (bicyclic) bond motifs is 16. The highest BCUT2D eigenvalue weighted by Crippen LogP contribution is 2.21. The van der Waals surface area contributed by atoms with Crippen molar-refractivity contribution in [3.63, 3.8) is 0 Å². The molecule has 0 fully saturated rings. The van der Waals surface area contributed by atoms with Crippen LogP contribution in [0.3, 0.4) is 0 Å². The molecule has 7 rings (SSSR count). The van der Waals surface area contributed by atoms with Crippen LogP contribution in [0.25, 0.3) is 11.1 Å². The van der Waals surface area contributed by atoms with Crippen molar-refractivity contribution >= 4 is 46.8 Å². The number of carbonyl (C=O) groups is 6. The molecule has 59 heavy (non-hydrogen) atoms. The molecule has 0 unspecified atom stereocenters. The molecule has 0 saturated heterocycles. The summed E-state index contributed by atoms with van der Waals surface area (Å²) in [6.45, 7) is 0.891. The average Bonchev–Trinajstić information content (AvgIpc) is 3.76. The first-order chi connectivity index (χ1) is 28.5. The standard InChI is InChI=1S/C45H45N5O8S/c1-28(45(56)57)46-41(52)36-25-31-16-20-34(21-17-31)58-27-40(51)47-39(26-35-13-8-22-59-35)44(55)50-38(24-30-14-18-33(19-15-30)32-11-6-3-7-12-32)43(54)49-37(42(53)48-36)23-29-9-4-2-5-10-29/h2-22,28,36-39H,23-27H2,1H3,(H,46,52)(H,47,51)(H,48,53)(H,49,54)(H,50,55)(H,56,57)/t28-,36+,37+,38-,39+/m1/s1. The number of carboxylic acid groups (broad SMARTS) is 1.